The molecule has 1 aromatic heterocycles. The first kappa shape index (κ1) is 20.9. The predicted molar refractivity (Wildman–Crippen MR) is 119 cm³/mol. The Bertz CT molecular complexity index is 967. The molecule has 1 aliphatic carbocycles. The number of thioether (sulfide) groups is 1. The Morgan fingerprint density at radius 1 is 1.17 bits per heavy atom. The van der Waals surface area contributed by atoms with E-state index in [-0.39, 0.29) is 22.1 Å². The van der Waals surface area contributed by atoms with Crippen LogP contribution in [0.5, 0.6) is 0 Å². The summed E-state index contributed by atoms with van der Waals surface area (Å²) in [5.74, 6) is -0.0685. The van der Waals surface area contributed by atoms with Crippen LogP contribution in [0.25, 0.3) is 0 Å². The van der Waals surface area contributed by atoms with Crippen molar-refractivity contribution >= 4 is 44.7 Å². The minimum atomic E-state index is -3.67. The number of anilines is 1. The van der Waals surface area contributed by atoms with Gasteiger partial charge in [-0.15, -0.1) is 23.1 Å². The van der Waals surface area contributed by atoms with Crippen LogP contribution in [0.4, 0.5) is 5.69 Å². The van der Waals surface area contributed by atoms with Crippen LogP contribution in [0, 0.1) is 0 Å². The Hall–Kier alpha value is -1.35. The number of thiophene rings is 1. The van der Waals surface area contributed by atoms with E-state index in [1.165, 1.54) is 6.42 Å². The van der Waals surface area contributed by atoms with Crippen molar-refractivity contribution in [3.8, 4) is 0 Å². The van der Waals surface area contributed by atoms with E-state index in [2.05, 4.69) is 5.32 Å². The summed E-state index contributed by atoms with van der Waals surface area (Å²) in [5, 5.41) is 5.04. The SMILES string of the molecule is CC1CC(=O)Nc2cc(S(=O)(=O)N(Cc3cccs3)C3CCCCC3)ccc2S1. The number of hydrogen-bond donors (Lipinski definition) is 1. The molecule has 1 unspecified atom stereocenters. The third-order valence-electron chi connectivity index (χ3n) is 5.51. The number of carbonyl (C=O) groups excluding carboxylic acids is 1. The van der Waals surface area contributed by atoms with Gasteiger partial charge in [-0.3, -0.25) is 4.79 Å². The van der Waals surface area contributed by atoms with E-state index in [9.17, 15) is 13.2 Å². The summed E-state index contributed by atoms with van der Waals surface area (Å²) < 4.78 is 29.1. The van der Waals surface area contributed by atoms with Crippen LogP contribution in [0.1, 0.15) is 50.3 Å². The third-order valence-corrected chi connectivity index (χ3v) is 9.44. The van der Waals surface area contributed by atoms with Crippen molar-refractivity contribution in [3.05, 3.63) is 40.6 Å². The zero-order chi connectivity index (χ0) is 20.4. The van der Waals surface area contributed by atoms with Crippen molar-refractivity contribution in [2.75, 3.05) is 5.32 Å². The quantitative estimate of drug-likeness (QED) is 0.689. The van der Waals surface area contributed by atoms with Crippen LogP contribution >= 0.6 is 23.1 Å². The molecule has 0 saturated heterocycles. The largest absolute Gasteiger partial charge is 0.325 e. The lowest BCUT2D eigenvalue weighted by Gasteiger charge is -2.33. The van der Waals surface area contributed by atoms with Crippen molar-refractivity contribution in [1.29, 1.82) is 0 Å². The molecule has 0 bridgehead atoms. The predicted octanol–water partition coefficient (Wildman–Crippen LogP) is 5.09. The summed E-state index contributed by atoms with van der Waals surface area (Å²) in [4.78, 5) is 14.4. The van der Waals surface area contributed by atoms with Crippen LogP contribution in [0.2, 0.25) is 0 Å². The molecule has 4 rings (SSSR count). The molecule has 8 heteroatoms. The third kappa shape index (κ3) is 4.71. The van der Waals surface area contributed by atoms with Crippen LogP contribution < -0.4 is 5.32 Å². The van der Waals surface area contributed by atoms with Crippen molar-refractivity contribution in [3.63, 3.8) is 0 Å². The lowest BCUT2D eigenvalue weighted by atomic mass is 9.95. The first-order chi connectivity index (χ1) is 13.9. The molecule has 156 valence electrons. The minimum Gasteiger partial charge on any atom is -0.325 e. The number of fused-ring (bicyclic) bond motifs is 1. The van der Waals surface area contributed by atoms with Gasteiger partial charge in [0.15, 0.2) is 0 Å². The monoisotopic (exact) mass is 450 g/mol. The van der Waals surface area contributed by atoms with E-state index in [1.54, 1.807) is 39.5 Å². The molecular weight excluding hydrogens is 424 g/mol. The molecule has 2 heterocycles. The zero-order valence-electron chi connectivity index (χ0n) is 16.5. The fourth-order valence-electron chi connectivity index (χ4n) is 4.06. The standard InChI is InChI=1S/C21H26N2O3S3/c1-15-12-21(24)22-19-13-18(9-10-20(19)28-15)29(25,26)23(14-17-8-5-11-27-17)16-6-3-2-4-7-16/h5,8-11,13,15-16H,2-4,6-7,12,14H2,1H3,(H,22,24). The molecule has 1 fully saturated rings. The highest BCUT2D eigenvalue weighted by atomic mass is 32.2. The topological polar surface area (TPSA) is 66.5 Å². The van der Waals surface area contributed by atoms with Gasteiger partial charge in [-0.25, -0.2) is 8.42 Å². The van der Waals surface area contributed by atoms with Gasteiger partial charge in [0.1, 0.15) is 0 Å². The average Bonchev–Trinajstić information content (AvgIpc) is 3.16. The zero-order valence-corrected chi connectivity index (χ0v) is 18.9. The van der Waals surface area contributed by atoms with Gasteiger partial charge < -0.3 is 5.32 Å². The molecule has 2 aromatic rings. The lowest BCUT2D eigenvalue weighted by molar-refractivity contribution is -0.116. The van der Waals surface area contributed by atoms with Crippen LogP contribution in [0.15, 0.2) is 45.5 Å². The lowest BCUT2D eigenvalue weighted by Crippen LogP contribution is -2.40. The molecule has 29 heavy (non-hydrogen) atoms. The highest BCUT2D eigenvalue weighted by molar-refractivity contribution is 8.00. The molecule has 1 amide bonds. The van der Waals surface area contributed by atoms with E-state index in [1.807, 2.05) is 30.5 Å². The van der Waals surface area contributed by atoms with E-state index < -0.39 is 10.0 Å². The first-order valence-corrected chi connectivity index (χ1v) is 13.3. The number of nitrogens with zero attached hydrogens (tertiary/aromatic N) is 1. The van der Waals surface area contributed by atoms with Crippen molar-refractivity contribution in [1.82, 2.24) is 4.31 Å². The summed E-state index contributed by atoms with van der Waals surface area (Å²) in [5.41, 5.74) is 0.602. The van der Waals surface area contributed by atoms with Gasteiger partial charge in [0.2, 0.25) is 15.9 Å². The second kappa shape index (κ2) is 8.79. The number of sulfonamides is 1. The van der Waals surface area contributed by atoms with Crippen LogP contribution in [-0.2, 0) is 21.4 Å². The maximum absolute atomic E-state index is 13.7. The average molecular weight is 451 g/mol. The van der Waals surface area contributed by atoms with Gasteiger partial charge in [-0.2, -0.15) is 4.31 Å². The van der Waals surface area contributed by atoms with Gasteiger partial charge in [-0.05, 0) is 42.5 Å². The number of rotatable bonds is 5. The number of benzene rings is 1. The molecule has 2 aliphatic rings. The Balaban J connectivity index is 1.69. The van der Waals surface area contributed by atoms with E-state index in [4.69, 9.17) is 0 Å². The Kier molecular flexibility index (Phi) is 6.34. The highest BCUT2D eigenvalue weighted by Gasteiger charge is 2.33. The molecular formula is C21H26N2O3S3. The summed E-state index contributed by atoms with van der Waals surface area (Å²) in [6.07, 6.45) is 5.53. The Morgan fingerprint density at radius 3 is 2.69 bits per heavy atom. The van der Waals surface area contributed by atoms with Crippen molar-refractivity contribution in [2.24, 2.45) is 0 Å². The number of nitrogens with one attached hydrogen (secondary N) is 1. The maximum Gasteiger partial charge on any atom is 0.243 e. The number of hydrogen-bond acceptors (Lipinski definition) is 5. The number of carbonyl (C=O) groups is 1. The van der Waals surface area contributed by atoms with E-state index in [0.29, 0.717) is 18.7 Å². The van der Waals surface area contributed by atoms with Gasteiger partial charge in [0.25, 0.3) is 0 Å². The smallest absolute Gasteiger partial charge is 0.243 e. The minimum absolute atomic E-state index is 0.0265. The Labute approximate surface area is 180 Å². The first-order valence-electron chi connectivity index (χ1n) is 10.1. The second-order valence-electron chi connectivity index (χ2n) is 7.76. The molecule has 0 radical (unpaired) electrons. The fraction of sp³-hybridized carbons (Fsp3) is 0.476. The number of amides is 1. The molecule has 0 spiro atoms. The van der Waals surface area contributed by atoms with E-state index in [0.717, 1.165) is 35.5 Å². The van der Waals surface area contributed by atoms with Gasteiger partial charge in [0.05, 0.1) is 10.6 Å². The molecule has 1 saturated carbocycles. The second-order valence-corrected chi connectivity index (χ2v) is 12.2. The maximum atomic E-state index is 13.7. The molecule has 1 aliphatic heterocycles. The molecule has 1 aromatic carbocycles. The highest BCUT2D eigenvalue weighted by Crippen LogP contribution is 2.38. The van der Waals surface area contributed by atoms with Crippen molar-refractivity contribution in [2.45, 2.75) is 73.1 Å². The fourth-order valence-corrected chi connectivity index (χ4v) is 7.59. The normalized spacial score (nSPS) is 20.9. The van der Waals surface area contributed by atoms with Crippen LogP contribution in [-0.4, -0.2) is 29.9 Å². The van der Waals surface area contributed by atoms with Gasteiger partial charge >= 0.3 is 0 Å². The Morgan fingerprint density at radius 2 is 1.97 bits per heavy atom. The van der Waals surface area contributed by atoms with Gasteiger partial charge in [0, 0.05) is 34.0 Å². The molecule has 1 atom stereocenters. The van der Waals surface area contributed by atoms with Crippen molar-refractivity contribution < 1.29 is 13.2 Å². The summed E-state index contributed by atoms with van der Waals surface area (Å²) >= 11 is 3.19. The summed E-state index contributed by atoms with van der Waals surface area (Å²) in [6, 6.07) is 9.14. The summed E-state index contributed by atoms with van der Waals surface area (Å²) in [6.45, 7) is 2.41. The summed E-state index contributed by atoms with van der Waals surface area (Å²) in [7, 11) is -3.67. The molecule has 1 N–H and O–H groups in total. The van der Waals surface area contributed by atoms with E-state index >= 15 is 0 Å². The molecule has 5 nitrogen and oxygen atoms in total. The van der Waals surface area contributed by atoms with Gasteiger partial charge in [-0.1, -0.05) is 32.3 Å². The van der Waals surface area contributed by atoms with Crippen LogP contribution in [0.3, 0.4) is 0 Å².